The number of nitrogens with zero attached hydrogens (tertiary/aromatic N) is 4. The second-order valence-electron chi connectivity index (χ2n) is 11.1. The van der Waals surface area contributed by atoms with Crippen LogP contribution in [-0.2, 0) is 4.79 Å². The number of nitrogens with one attached hydrogen (secondary N) is 2. The number of hydrogen-bond acceptors (Lipinski definition) is 6. The molecule has 0 bridgehead atoms. The molecule has 0 aliphatic carbocycles. The highest BCUT2D eigenvalue weighted by Crippen LogP contribution is 2.31. The van der Waals surface area contributed by atoms with Gasteiger partial charge in [0.25, 0.3) is 0 Å². The van der Waals surface area contributed by atoms with Crippen LogP contribution in [0.2, 0.25) is 0 Å². The lowest BCUT2D eigenvalue weighted by Crippen LogP contribution is -2.53. The van der Waals surface area contributed by atoms with E-state index in [1.54, 1.807) is 6.07 Å². The molecule has 1 aliphatic heterocycles. The van der Waals surface area contributed by atoms with Gasteiger partial charge in [0.2, 0.25) is 5.91 Å². The highest BCUT2D eigenvalue weighted by molar-refractivity contribution is 6.03. The molecular weight excluding hydrogens is 527 g/mol. The maximum Gasteiger partial charge on any atom is 0.247 e. The number of amides is 1. The van der Waals surface area contributed by atoms with E-state index >= 15 is 0 Å². The van der Waals surface area contributed by atoms with Crippen molar-refractivity contribution in [3.05, 3.63) is 90.5 Å². The number of carbonyl (C=O) groups excluding carboxylic acids is 1. The molecule has 1 amide bonds. The Morgan fingerprint density at radius 1 is 1.07 bits per heavy atom. The van der Waals surface area contributed by atoms with Gasteiger partial charge in [-0.2, -0.15) is 0 Å². The minimum atomic E-state index is -0.351. The summed E-state index contributed by atoms with van der Waals surface area (Å²) in [5, 5.41) is 6.95. The largest absolute Gasteiger partial charge is 0.340 e. The fourth-order valence-corrected chi connectivity index (χ4v) is 5.01. The molecule has 0 atom stereocenters. The van der Waals surface area contributed by atoms with Gasteiger partial charge in [-0.25, -0.2) is 14.4 Å². The topological polar surface area (TPSA) is 73.4 Å². The van der Waals surface area contributed by atoms with Crippen molar-refractivity contribution >= 4 is 34.0 Å². The number of benzene rings is 3. The molecule has 8 heteroatoms. The number of aryl methyl sites for hydroxylation is 1. The third-order valence-electron chi connectivity index (χ3n) is 7.58. The van der Waals surface area contributed by atoms with Gasteiger partial charge < -0.3 is 15.5 Å². The van der Waals surface area contributed by atoms with Crippen molar-refractivity contribution in [3.8, 4) is 23.0 Å². The first-order chi connectivity index (χ1) is 20.1. The summed E-state index contributed by atoms with van der Waals surface area (Å²) in [7, 11) is 2.13. The first-order valence-electron chi connectivity index (χ1n) is 14.0. The maximum atomic E-state index is 14.7. The normalized spacial score (nSPS) is 14.2. The molecule has 0 spiro atoms. The molecule has 1 saturated heterocycles. The molecule has 3 aromatic carbocycles. The Labute approximate surface area is 246 Å². The van der Waals surface area contributed by atoms with Gasteiger partial charge in [-0.05, 0) is 75.4 Å². The first kappa shape index (κ1) is 28.9. The fourth-order valence-electron chi connectivity index (χ4n) is 5.01. The van der Waals surface area contributed by atoms with Crippen LogP contribution in [0.1, 0.15) is 25.0 Å². The van der Waals surface area contributed by atoms with Crippen LogP contribution in [0.25, 0.3) is 22.0 Å². The SMILES string of the molecule is C=CC(=O)Nc1cc2c(Nc3cccc(-c4ccc(C)cc4F)c3)ncnc2cc1C#CC(C)(C)N1CCN(C)CC1. The molecule has 5 rings (SSSR count). The fraction of sp³-hybridized carbons (Fsp3) is 0.265. The number of rotatable bonds is 6. The molecule has 7 nitrogen and oxygen atoms in total. The summed E-state index contributed by atoms with van der Waals surface area (Å²) < 4.78 is 14.7. The molecule has 2 heterocycles. The van der Waals surface area contributed by atoms with Crippen molar-refractivity contribution in [2.75, 3.05) is 43.9 Å². The van der Waals surface area contributed by atoms with Crippen LogP contribution in [0.5, 0.6) is 0 Å². The predicted octanol–water partition coefficient (Wildman–Crippen LogP) is 5.99. The number of hydrogen-bond donors (Lipinski definition) is 2. The molecule has 0 unspecified atom stereocenters. The number of likely N-dealkylation sites (N-methyl/N-ethyl adjacent to an activating group) is 1. The van der Waals surface area contributed by atoms with Gasteiger partial charge in [0.15, 0.2) is 0 Å². The number of aromatic nitrogens is 2. The summed E-state index contributed by atoms with van der Waals surface area (Å²) in [6.07, 6.45) is 2.72. The van der Waals surface area contributed by atoms with Crippen molar-refractivity contribution in [2.24, 2.45) is 0 Å². The van der Waals surface area contributed by atoms with Crippen LogP contribution >= 0.6 is 0 Å². The van der Waals surface area contributed by atoms with Crippen molar-refractivity contribution in [1.82, 2.24) is 19.8 Å². The Bertz CT molecular complexity index is 1710. The molecule has 214 valence electrons. The lowest BCUT2D eigenvalue weighted by Gasteiger charge is -2.40. The average Bonchev–Trinajstić information content (AvgIpc) is 2.96. The highest BCUT2D eigenvalue weighted by Gasteiger charge is 2.27. The van der Waals surface area contributed by atoms with E-state index < -0.39 is 0 Å². The summed E-state index contributed by atoms with van der Waals surface area (Å²) >= 11 is 0. The highest BCUT2D eigenvalue weighted by atomic mass is 19.1. The van der Waals surface area contributed by atoms with Crippen LogP contribution in [0.4, 0.5) is 21.6 Å². The van der Waals surface area contributed by atoms with Gasteiger partial charge in [-0.1, -0.05) is 42.7 Å². The van der Waals surface area contributed by atoms with E-state index in [-0.39, 0.29) is 17.3 Å². The molecule has 0 radical (unpaired) electrons. The smallest absolute Gasteiger partial charge is 0.247 e. The van der Waals surface area contributed by atoms with Crippen LogP contribution in [0.3, 0.4) is 0 Å². The van der Waals surface area contributed by atoms with E-state index in [0.717, 1.165) is 43.0 Å². The van der Waals surface area contributed by atoms with Gasteiger partial charge in [0, 0.05) is 42.8 Å². The van der Waals surface area contributed by atoms with Gasteiger partial charge in [-0.15, -0.1) is 0 Å². The Balaban J connectivity index is 1.50. The second kappa shape index (κ2) is 12.1. The summed E-state index contributed by atoms with van der Waals surface area (Å²) in [5.41, 5.74) is 4.39. The Hall–Kier alpha value is -4.58. The van der Waals surface area contributed by atoms with Crippen molar-refractivity contribution in [3.63, 3.8) is 0 Å². The number of fused-ring (bicyclic) bond motifs is 1. The Kier molecular flexibility index (Phi) is 8.34. The zero-order valence-corrected chi connectivity index (χ0v) is 24.5. The quantitative estimate of drug-likeness (QED) is 0.222. The van der Waals surface area contributed by atoms with E-state index in [1.165, 1.54) is 18.5 Å². The lowest BCUT2D eigenvalue weighted by molar-refractivity contribution is -0.111. The zero-order chi connectivity index (χ0) is 29.9. The molecule has 4 aromatic rings. The van der Waals surface area contributed by atoms with Crippen molar-refractivity contribution in [2.45, 2.75) is 26.3 Å². The van der Waals surface area contributed by atoms with E-state index in [1.807, 2.05) is 49.4 Å². The summed E-state index contributed by atoms with van der Waals surface area (Å²) in [6.45, 7) is 13.6. The first-order valence-corrected chi connectivity index (χ1v) is 14.0. The van der Waals surface area contributed by atoms with Gasteiger partial charge in [-0.3, -0.25) is 9.69 Å². The van der Waals surface area contributed by atoms with Crippen molar-refractivity contribution in [1.29, 1.82) is 0 Å². The van der Waals surface area contributed by atoms with E-state index in [4.69, 9.17) is 0 Å². The number of halogens is 1. The minimum absolute atomic E-state index is 0.272. The number of carbonyl (C=O) groups is 1. The molecule has 2 N–H and O–H groups in total. The predicted molar refractivity (Wildman–Crippen MR) is 168 cm³/mol. The number of piperazine rings is 1. The second-order valence-corrected chi connectivity index (χ2v) is 11.1. The van der Waals surface area contributed by atoms with Gasteiger partial charge in [0.05, 0.1) is 22.3 Å². The van der Waals surface area contributed by atoms with Crippen LogP contribution in [-0.4, -0.2) is 64.4 Å². The van der Waals surface area contributed by atoms with Gasteiger partial charge >= 0.3 is 0 Å². The monoisotopic (exact) mass is 562 g/mol. The standard InChI is InChI=1S/C34H35FN6O/c1-6-32(42)39-30-21-28-31(20-25(30)12-13-34(3,4)41-16-14-40(5)15-17-41)36-22-37-33(28)38-26-9-7-8-24(19-26)27-11-10-23(2)18-29(27)35/h6-11,18-22H,1,14-17H2,2-5H3,(H,39,42)(H,36,37,38). The van der Waals surface area contributed by atoms with Crippen molar-refractivity contribution < 1.29 is 9.18 Å². The maximum absolute atomic E-state index is 14.7. The molecule has 0 saturated carbocycles. The lowest BCUT2D eigenvalue weighted by atomic mass is 10.0. The molecule has 1 fully saturated rings. The summed E-state index contributed by atoms with van der Waals surface area (Å²) in [4.78, 5) is 26.0. The van der Waals surface area contributed by atoms with E-state index in [9.17, 15) is 9.18 Å². The Morgan fingerprint density at radius 3 is 2.60 bits per heavy atom. The number of anilines is 3. The van der Waals surface area contributed by atoms with E-state index in [0.29, 0.717) is 33.5 Å². The van der Waals surface area contributed by atoms with E-state index in [2.05, 4.69) is 69.7 Å². The minimum Gasteiger partial charge on any atom is -0.340 e. The average molecular weight is 563 g/mol. The van der Waals surface area contributed by atoms with Gasteiger partial charge in [0.1, 0.15) is 18.0 Å². The Morgan fingerprint density at radius 2 is 1.86 bits per heavy atom. The molecule has 1 aromatic heterocycles. The molecule has 42 heavy (non-hydrogen) atoms. The third-order valence-corrected chi connectivity index (χ3v) is 7.58. The van der Waals surface area contributed by atoms with Crippen LogP contribution in [0.15, 0.2) is 73.6 Å². The van der Waals surface area contributed by atoms with Crippen LogP contribution < -0.4 is 10.6 Å². The summed E-state index contributed by atoms with van der Waals surface area (Å²) in [6, 6.07) is 16.4. The molecule has 1 aliphatic rings. The molecular formula is C34H35FN6O. The third kappa shape index (κ3) is 6.49. The van der Waals surface area contributed by atoms with Crippen LogP contribution in [0, 0.1) is 24.6 Å². The zero-order valence-electron chi connectivity index (χ0n) is 24.5. The summed E-state index contributed by atoms with van der Waals surface area (Å²) in [5.74, 6) is 6.69.